The van der Waals surface area contributed by atoms with E-state index in [1.54, 1.807) is 12.4 Å². The predicted octanol–water partition coefficient (Wildman–Crippen LogP) is 4.38. The number of halogens is 1. The lowest BCUT2D eigenvalue weighted by atomic mass is 9.96. The van der Waals surface area contributed by atoms with Gasteiger partial charge in [0.05, 0.1) is 18.7 Å². The van der Waals surface area contributed by atoms with Gasteiger partial charge in [-0.2, -0.15) is 0 Å². The van der Waals surface area contributed by atoms with Gasteiger partial charge in [-0.3, -0.25) is 4.40 Å². The number of aryl methyl sites for hydroxylation is 1. The molecule has 8 nitrogen and oxygen atoms in total. The average Bonchev–Trinajstić information content (AvgIpc) is 3.57. The number of hydrogen-bond acceptors (Lipinski definition) is 6. The first kappa shape index (κ1) is 20.9. The summed E-state index contributed by atoms with van der Waals surface area (Å²) in [5, 5.41) is 6.72. The van der Waals surface area contributed by atoms with Crippen LogP contribution in [-0.4, -0.2) is 30.5 Å². The van der Waals surface area contributed by atoms with E-state index >= 15 is 0 Å². The number of ether oxygens (including phenoxy) is 1. The molecule has 7 rings (SSSR count). The number of anilines is 1. The quantitative estimate of drug-likeness (QED) is 0.452. The van der Waals surface area contributed by atoms with Crippen molar-refractivity contribution >= 4 is 17.0 Å². The molecule has 4 aromatic rings. The van der Waals surface area contributed by atoms with Crippen LogP contribution in [0.1, 0.15) is 29.3 Å². The fourth-order valence-corrected chi connectivity index (χ4v) is 5.24. The molecule has 3 aliphatic rings. The van der Waals surface area contributed by atoms with Crippen molar-refractivity contribution in [1.82, 2.24) is 29.2 Å². The van der Waals surface area contributed by atoms with Crippen molar-refractivity contribution in [1.29, 1.82) is 0 Å². The summed E-state index contributed by atoms with van der Waals surface area (Å²) < 4.78 is 24.5. The molecule has 0 aliphatic carbocycles. The van der Waals surface area contributed by atoms with Gasteiger partial charge in [-0.05, 0) is 43.2 Å². The molecule has 0 spiro atoms. The van der Waals surface area contributed by atoms with Crippen LogP contribution in [0.2, 0.25) is 0 Å². The number of imidazole rings is 2. The van der Waals surface area contributed by atoms with E-state index in [1.807, 2.05) is 23.7 Å². The van der Waals surface area contributed by atoms with Gasteiger partial charge in [-0.1, -0.05) is 6.08 Å². The van der Waals surface area contributed by atoms with Crippen molar-refractivity contribution in [3.05, 3.63) is 88.7 Å². The van der Waals surface area contributed by atoms with Gasteiger partial charge in [0.1, 0.15) is 23.6 Å². The fourth-order valence-electron chi connectivity index (χ4n) is 5.24. The van der Waals surface area contributed by atoms with Gasteiger partial charge in [0.15, 0.2) is 5.82 Å². The second-order valence-corrected chi connectivity index (χ2v) is 9.32. The first-order valence-electron chi connectivity index (χ1n) is 12.0. The Balaban J connectivity index is 1.39. The molecule has 0 bridgehead atoms. The number of allylic oxidation sites excluding steroid dienone is 5. The Hall–Kier alpha value is -4.40. The molecular formula is C27H24FN7O. The Bertz CT molecular complexity index is 1660. The summed E-state index contributed by atoms with van der Waals surface area (Å²) in [4.78, 5) is 14.2. The van der Waals surface area contributed by atoms with E-state index in [1.165, 1.54) is 6.07 Å². The largest absolute Gasteiger partial charge is 0.493 e. The van der Waals surface area contributed by atoms with Gasteiger partial charge in [-0.15, -0.1) is 0 Å². The summed E-state index contributed by atoms with van der Waals surface area (Å²) in [7, 11) is 0. The smallest absolute Gasteiger partial charge is 0.208 e. The van der Waals surface area contributed by atoms with Gasteiger partial charge >= 0.3 is 0 Å². The third-order valence-electron chi connectivity index (χ3n) is 7.14. The molecule has 0 saturated carbocycles. The summed E-state index contributed by atoms with van der Waals surface area (Å²) in [5.74, 6) is 1.91. The normalized spacial score (nSPS) is 15.8. The van der Waals surface area contributed by atoms with Crippen LogP contribution in [0, 0.1) is 12.7 Å². The minimum Gasteiger partial charge on any atom is -0.493 e. The highest BCUT2D eigenvalue weighted by Crippen LogP contribution is 2.38. The van der Waals surface area contributed by atoms with E-state index in [0.29, 0.717) is 37.6 Å². The highest BCUT2D eigenvalue weighted by atomic mass is 19.1. The topological polar surface area (TPSA) is 81.3 Å². The molecule has 0 saturated heterocycles. The lowest BCUT2D eigenvalue weighted by molar-refractivity contribution is 0.356. The van der Waals surface area contributed by atoms with Crippen molar-refractivity contribution < 1.29 is 9.13 Å². The lowest BCUT2D eigenvalue weighted by Gasteiger charge is -2.20. The molecule has 2 N–H and O–H groups in total. The Morgan fingerprint density at radius 1 is 1.14 bits per heavy atom. The molecule has 0 atom stereocenters. The van der Waals surface area contributed by atoms with Crippen LogP contribution in [0.25, 0.3) is 22.6 Å². The minimum absolute atomic E-state index is 0.245. The van der Waals surface area contributed by atoms with Gasteiger partial charge in [0, 0.05) is 59.6 Å². The highest BCUT2D eigenvalue weighted by Gasteiger charge is 2.27. The van der Waals surface area contributed by atoms with Crippen LogP contribution in [-0.2, 0) is 19.5 Å². The molecule has 0 unspecified atom stereocenters. The van der Waals surface area contributed by atoms with Crippen LogP contribution in [0.3, 0.4) is 0 Å². The molecule has 180 valence electrons. The van der Waals surface area contributed by atoms with E-state index in [0.717, 1.165) is 56.4 Å². The van der Waals surface area contributed by atoms with Crippen molar-refractivity contribution in [2.45, 2.75) is 33.4 Å². The maximum Gasteiger partial charge on any atom is 0.208 e. The zero-order valence-corrected chi connectivity index (χ0v) is 20.0. The molecule has 0 fully saturated rings. The summed E-state index contributed by atoms with van der Waals surface area (Å²) in [6.07, 6.45) is 12.5. The molecule has 0 radical (unpaired) electrons. The summed E-state index contributed by atoms with van der Waals surface area (Å²) in [6, 6.07) is 3.17. The molecule has 1 aromatic carbocycles. The monoisotopic (exact) mass is 481 g/mol. The number of fused-ring (bicyclic) bond motifs is 5. The third kappa shape index (κ3) is 3.08. The standard InChI is InChI=1S/C27H24FN7O/c1-15-3-4-18-17(10-29-15)13-34-16(2)9-30-26(34)24-25-21(18)12-32-27(35(25)14-33-24)31-11-20-19-7-8-36-23(19)6-5-22(20)28/h3-6,9-10,12,14,29H,7-8,11,13H2,1-2H3,(H,31,32). The summed E-state index contributed by atoms with van der Waals surface area (Å²) in [6.45, 7) is 5.63. The summed E-state index contributed by atoms with van der Waals surface area (Å²) >= 11 is 0. The molecule has 9 heteroatoms. The van der Waals surface area contributed by atoms with Crippen LogP contribution >= 0.6 is 0 Å². The molecule has 3 aliphatic heterocycles. The minimum atomic E-state index is -0.245. The first-order valence-corrected chi connectivity index (χ1v) is 12.0. The molecular weight excluding hydrogens is 457 g/mol. The van der Waals surface area contributed by atoms with Crippen LogP contribution < -0.4 is 15.4 Å². The van der Waals surface area contributed by atoms with E-state index in [-0.39, 0.29) is 5.82 Å². The zero-order chi connectivity index (χ0) is 24.4. The third-order valence-corrected chi connectivity index (χ3v) is 7.14. The van der Waals surface area contributed by atoms with Crippen molar-refractivity contribution in [2.24, 2.45) is 0 Å². The number of rotatable bonds is 3. The van der Waals surface area contributed by atoms with Crippen LogP contribution in [0.4, 0.5) is 10.3 Å². The Labute approximate surface area is 206 Å². The predicted molar refractivity (Wildman–Crippen MR) is 135 cm³/mol. The lowest BCUT2D eigenvalue weighted by Crippen LogP contribution is -2.14. The fraction of sp³-hybridized carbons (Fsp3) is 0.222. The van der Waals surface area contributed by atoms with Gasteiger partial charge in [0.2, 0.25) is 5.95 Å². The number of nitrogens with zero attached hydrogens (tertiary/aromatic N) is 5. The van der Waals surface area contributed by atoms with Crippen molar-refractivity contribution in [3.63, 3.8) is 0 Å². The van der Waals surface area contributed by atoms with Gasteiger partial charge in [-0.25, -0.2) is 19.3 Å². The van der Waals surface area contributed by atoms with Crippen LogP contribution in [0.15, 0.2) is 60.5 Å². The number of aromatic nitrogens is 5. The van der Waals surface area contributed by atoms with E-state index in [4.69, 9.17) is 19.7 Å². The Morgan fingerprint density at radius 3 is 2.97 bits per heavy atom. The second-order valence-electron chi connectivity index (χ2n) is 9.32. The second kappa shape index (κ2) is 7.81. The average molecular weight is 482 g/mol. The van der Waals surface area contributed by atoms with E-state index < -0.39 is 0 Å². The van der Waals surface area contributed by atoms with Crippen LogP contribution in [0.5, 0.6) is 5.75 Å². The van der Waals surface area contributed by atoms with Gasteiger partial charge < -0.3 is 19.9 Å². The SMILES string of the molecule is CC1=CC=C2C(=CN1)Cn1c(C)cnc1-c1ncn3c(NCc4c(F)ccc5c4CCO5)ncc2c13. The van der Waals surface area contributed by atoms with Crippen molar-refractivity contribution in [3.8, 4) is 17.3 Å². The molecule has 0 amide bonds. The van der Waals surface area contributed by atoms with Crippen molar-refractivity contribution in [2.75, 3.05) is 11.9 Å². The molecule has 3 aromatic heterocycles. The molecule has 36 heavy (non-hydrogen) atoms. The Morgan fingerprint density at radius 2 is 2.06 bits per heavy atom. The van der Waals surface area contributed by atoms with Gasteiger partial charge in [0.25, 0.3) is 0 Å². The maximum absolute atomic E-state index is 14.7. The maximum atomic E-state index is 14.7. The summed E-state index contributed by atoms with van der Waals surface area (Å²) in [5.41, 5.74) is 8.53. The van der Waals surface area contributed by atoms with E-state index in [2.05, 4.69) is 40.5 Å². The number of hydrogen-bond donors (Lipinski definition) is 2. The zero-order valence-electron chi connectivity index (χ0n) is 20.0. The molecule has 6 heterocycles. The first-order chi connectivity index (χ1) is 17.6. The number of benzene rings is 1. The highest BCUT2D eigenvalue weighted by molar-refractivity contribution is 5.94. The van der Waals surface area contributed by atoms with E-state index in [9.17, 15) is 4.39 Å². The number of nitrogens with one attached hydrogen (secondary N) is 2. The Kier molecular flexibility index (Phi) is 4.54.